The molecule has 2 rings (SSSR count). The van der Waals surface area contributed by atoms with Gasteiger partial charge in [-0.25, -0.2) is 0 Å². The van der Waals surface area contributed by atoms with Gasteiger partial charge in [0.15, 0.2) is 0 Å². The smallest absolute Gasteiger partial charge is 0.310 e. The van der Waals surface area contributed by atoms with E-state index in [0.29, 0.717) is 12.3 Å². The molecule has 0 fully saturated rings. The molecule has 0 unspecified atom stereocenters. The van der Waals surface area contributed by atoms with Crippen LogP contribution in [0.25, 0.3) is 0 Å². The number of nitrogens with one attached hydrogen (secondary N) is 1. The number of benzene rings is 2. The lowest BCUT2D eigenvalue weighted by atomic mass is 10.1. The van der Waals surface area contributed by atoms with E-state index in [-0.39, 0.29) is 33.8 Å². The van der Waals surface area contributed by atoms with Crippen molar-refractivity contribution in [1.29, 1.82) is 0 Å². The first kappa shape index (κ1) is 18.0. The van der Waals surface area contributed by atoms with Gasteiger partial charge in [0, 0.05) is 11.8 Å². The Hall–Kier alpha value is -2.31. The Labute approximate surface area is 148 Å². The molecular weight excluding hydrogens is 355 g/mol. The van der Waals surface area contributed by atoms with Gasteiger partial charge in [-0.3, -0.25) is 14.9 Å². The zero-order valence-corrected chi connectivity index (χ0v) is 14.2. The first-order valence-corrected chi connectivity index (χ1v) is 7.81. The molecular formula is C16H14Cl2N2O4. The van der Waals surface area contributed by atoms with E-state index in [2.05, 4.69) is 5.32 Å². The van der Waals surface area contributed by atoms with E-state index >= 15 is 0 Å². The van der Waals surface area contributed by atoms with Crippen molar-refractivity contribution < 1.29 is 14.5 Å². The molecule has 0 aliphatic heterocycles. The van der Waals surface area contributed by atoms with Crippen LogP contribution in [0.5, 0.6) is 0 Å². The Morgan fingerprint density at radius 3 is 2.42 bits per heavy atom. The van der Waals surface area contributed by atoms with Gasteiger partial charge in [0.25, 0.3) is 5.69 Å². The molecule has 0 amide bonds. The highest BCUT2D eigenvalue weighted by molar-refractivity contribution is 6.42. The van der Waals surface area contributed by atoms with E-state index in [1.807, 2.05) is 0 Å². The minimum atomic E-state index is -0.542. The molecule has 0 aliphatic carbocycles. The molecule has 0 radical (unpaired) electrons. The van der Waals surface area contributed by atoms with Crippen LogP contribution in [0.3, 0.4) is 0 Å². The second-order valence-electron chi connectivity index (χ2n) is 4.84. The van der Waals surface area contributed by atoms with E-state index in [1.54, 1.807) is 31.2 Å². The number of ether oxygens (including phenoxy) is 1. The van der Waals surface area contributed by atoms with Crippen LogP contribution in [-0.4, -0.2) is 17.5 Å². The summed E-state index contributed by atoms with van der Waals surface area (Å²) in [5.41, 5.74) is 1.44. The number of esters is 1. The third-order valence-corrected chi connectivity index (χ3v) is 3.84. The Morgan fingerprint density at radius 1 is 1.21 bits per heavy atom. The van der Waals surface area contributed by atoms with Crippen molar-refractivity contribution in [3.63, 3.8) is 0 Å². The Morgan fingerprint density at radius 2 is 1.83 bits per heavy atom. The zero-order valence-electron chi connectivity index (χ0n) is 12.7. The normalized spacial score (nSPS) is 10.3. The maximum Gasteiger partial charge on any atom is 0.310 e. The fourth-order valence-electron chi connectivity index (χ4n) is 2.03. The highest BCUT2D eigenvalue weighted by Crippen LogP contribution is 2.35. The largest absolute Gasteiger partial charge is 0.466 e. The van der Waals surface area contributed by atoms with Gasteiger partial charge < -0.3 is 10.1 Å². The third-order valence-electron chi connectivity index (χ3n) is 3.12. The van der Waals surface area contributed by atoms with Gasteiger partial charge in [-0.05, 0) is 30.7 Å². The van der Waals surface area contributed by atoms with Crippen LogP contribution in [0.2, 0.25) is 10.0 Å². The van der Waals surface area contributed by atoms with Crippen molar-refractivity contribution in [3.8, 4) is 0 Å². The summed E-state index contributed by atoms with van der Waals surface area (Å²) in [7, 11) is 0. The zero-order chi connectivity index (χ0) is 17.7. The van der Waals surface area contributed by atoms with Gasteiger partial charge in [-0.2, -0.15) is 0 Å². The summed E-state index contributed by atoms with van der Waals surface area (Å²) >= 11 is 11.7. The lowest BCUT2D eigenvalue weighted by Crippen LogP contribution is -2.07. The molecule has 0 atom stereocenters. The summed E-state index contributed by atoms with van der Waals surface area (Å²) in [4.78, 5) is 22.0. The second-order valence-corrected chi connectivity index (χ2v) is 5.66. The number of carbonyl (C=O) groups excluding carboxylic acids is 1. The molecule has 1 N–H and O–H groups in total. The molecule has 6 nitrogen and oxygen atoms in total. The Kier molecular flexibility index (Phi) is 6.00. The topological polar surface area (TPSA) is 81.5 Å². The number of hydrogen-bond donors (Lipinski definition) is 1. The lowest BCUT2D eigenvalue weighted by Gasteiger charge is -2.09. The van der Waals surface area contributed by atoms with Crippen LogP contribution < -0.4 is 5.32 Å². The number of nitro groups is 1. The predicted octanol–water partition coefficient (Wildman–Crippen LogP) is 4.75. The average Bonchev–Trinajstić information content (AvgIpc) is 2.52. The van der Waals surface area contributed by atoms with Crippen LogP contribution in [-0.2, 0) is 16.0 Å². The molecule has 2 aromatic rings. The maximum absolute atomic E-state index is 11.4. The third kappa shape index (κ3) is 4.59. The van der Waals surface area contributed by atoms with E-state index in [0.717, 1.165) is 5.56 Å². The highest BCUT2D eigenvalue weighted by Gasteiger charge is 2.17. The van der Waals surface area contributed by atoms with Gasteiger partial charge in [0.05, 0.1) is 28.0 Å². The van der Waals surface area contributed by atoms with Gasteiger partial charge in [-0.15, -0.1) is 0 Å². The van der Waals surface area contributed by atoms with Crippen LogP contribution in [0, 0.1) is 10.1 Å². The Balaban J connectivity index is 2.18. The fraction of sp³-hybridized carbons (Fsp3) is 0.188. The maximum atomic E-state index is 11.4. The number of anilines is 2. The molecule has 24 heavy (non-hydrogen) atoms. The summed E-state index contributed by atoms with van der Waals surface area (Å²) in [6.07, 6.45) is 0.168. The van der Waals surface area contributed by atoms with Crippen molar-refractivity contribution in [2.75, 3.05) is 11.9 Å². The lowest BCUT2D eigenvalue weighted by molar-refractivity contribution is -0.383. The highest BCUT2D eigenvalue weighted by atomic mass is 35.5. The van der Waals surface area contributed by atoms with E-state index in [4.69, 9.17) is 27.9 Å². The van der Waals surface area contributed by atoms with E-state index in [9.17, 15) is 14.9 Å². The van der Waals surface area contributed by atoms with Gasteiger partial charge in [-0.1, -0.05) is 35.3 Å². The monoisotopic (exact) mass is 368 g/mol. The van der Waals surface area contributed by atoms with Crippen molar-refractivity contribution in [3.05, 3.63) is 62.1 Å². The number of halogens is 2. The minimum absolute atomic E-state index is 0.110. The summed E-state index contributed by atoms with van der Waals surface area (Å²) in [5, 5.41) is 14.4. The summed E-state index contributed by atoms with van der Waals surface area (Å²) in [5.74, 6) is -0.307. The number of nitrogens with zero attached hydrogens (tertiary/aromatic N) is 1. The number of nitro benzene ring substituents is 1. The average molecular weight is 369 g/mol. The molecule has 0 bridgehead atoms. The minimum Gasteiger partial charge on any atom is -0.466 e. The Bertz CT molecular complexity index is 763. The van der Waals surface area contributed by atoms with E-state index < -0.39 is 4.92 Å². The molecule has 0 saturated carbocycles. The predicted molar refractivity (Wildman–Crippen MR) is 93.2 cm³/mol. The molecule has 0 aliphatic rings. The van der Waals surface area contributed by atoms with Gasteiger partial charge in [0.1, 0.15) is 5.69 Å². The molecule has 2 aromatic carbocycles. The van der Waals surface area contributed by atoms with Gasteiger partial charge >= 0.3 is 5.97 Å². The molecule has 0 spiro atoms. The fourth-order valence-corrected chi connectivity index (χ4v) is 2.35. The molecule has 0 aromatic heterocycles. The second kappa shape index (κ2) is 7.99. The molecule has 0 saturated heterocycles. The molecule has 126 valence electrons. The summed E-state index contributed by atoms with van der Waals surface area (Å²) in [6, 6.07) is 9.49. The van der Waals surface area contributed by atoms with Crippen molar-refractivity contribution in [2.24, 2.45) is 0 Å². The van der Waals surface area contributed by atoms with Crippen LogP contribution in [0.1, 0.15) is 12.5 Å². The van der Waals surface area contributed by atoms with Gasteiger partial charge in [0.2, 0.25) is 0 Å². The summed E-state index contributed by atoms with van der Waals surface area (Å²) < 4.78 is 4.88. The standard InChI is InChI=1S/C16H14Cl2N2O4/c1-2-24-16(21)7-10-3-5-11(6-4-10)19-14-8-12(17)13(18)9-15(14)20(22)23/h3-6,8-9,19H,2,7H2,1H3. The van der Waals surface area contributed by atoms with Crippen molar-refractivity contribution in [1.82, 2.24) is 0 Å². The molecule has 8 heteroatoms. The van der Waals surface area contributed by atoms with Crippen LogP contribution in [0.15, 0.2) is 36.4 Å². The number of rotatable bonds is 6. The summed E-state index contributed by atoms with van der Waals surface area (Å²) in [6.45, 7) is 2.08. The number of hydrogen-bond acceptors (Lipinski definition) is 5. The first-order chi connectivity index (χ1) is 11.4. The van der Waals surface area contributed by atoms with E-state index in [1.165, 1.54) is 12.1 Å². The number of carbonyl (C=O) groups is 1. The SMILES string of the molecule is CCOC(=O)Cc1ccc(Nc2cc(Cl)c(Cl)cc2[N+](=O)[O-])cc1. The molecule has 0 heterocycles. The van der Waals surface area contributed by atoms with Crippen LogP contribution in [0.4, 0.5) is 17.1 Å². The van der Waals surface area contributed by atoms with Crippen molar-refractivity contribution in [2.45, 2.75) is 13.3 Å². The van der Waals surface area contributed by atoms with Crippen molar-refractivity contribution >= 4 is 46.2 Å². The van der Waals surface area contributed by atoms with Crippen LogP contribution >= 0.6 is 23.2 Å². The first-order valence-electron chi connectivity index (χ1n) is 7.05. The quantitative estimate of drug-likeness (QED) is 0.451.